The lowest BCUT2D eigenvalue weighted by atomic mass is 10.1. The minimum absolute atomic E-state index is 0.0288. The smallest absolute Gasteiger partial charge is 0.258 e. The molecule has 0 saturated heterocycles. The molecule has 0 fully saturated rings. The Morgan fingerprint density at radius 1 is 1.03 bits per heavy atom. The second-order valence-electron chi connectivity index (χ2n) is 10.3. The highest BCUT2D eigenvalue weighted by Gasteiger charge is 2.31. The highest BCUT2D eigenvalue weighted by molar-refractivity contribution is 9.10. The predicted octanol–water partition coefficient (Wildman–Crippen LogP) is 5.67. The van der Waals surface area contributed by atoms with Crippen molar-refractivity contribution in [1.29, 1.82) is 0 Å². The van der Waals surface area contributed by atoms with E-state index in [0.717, 1.165) is 26.5 Å². The molecule has 0 spiro atoms. The summed E-state index contributed by atoms with van der Waals surface area (Å²) in [6, 6.07) is 18.8. The molecule has 1 aliphatic heterocycles. The van der Waals surface area contributed by atoms with Gasteiger partial charge in [0.25, 0.3) is 5.91 Å². The minimum Gasteiger partial charge on any atom is -0.350 e. The van der Waals surface area contributed by atoms with Crippen LogP contribution < -0.4 is 10.2 Å². The number of anilines is 1. The molecule has 188 valence electrons. The molecule has 3 aromatic rings. The van der Waals surface area contributed by atoms with Crippen molar-refractivity contribution in [3.8, 4) is 0 Å². The zero-order chi connectivity index (χ0) is 26.0. The van der Waals surface area contributed by atoms with Crippen molar-refractivity contribution in [3.05, 3.63) is 76.3 Å². The van der Waals surface area contributed by atoms with E-state index in [1.165, 1.54) is 0 Å². The van der Waals surface area contributed by atoms with Crippen molar-refractivity contribution in [1.82, 2.24) is 10.2 Å². The van der Waals surface area contributed by atoms with Gasteiger partial charge in [-0.05, 0) is 69.3 Å². The van der Waals surface area contributed by atoms with E-state index in [-0.39, 0.29) is 24.1 Å². The zero-order valence-corrected chi connectivity index (χ0v) is 22.8. The Hall–Kier alpha value is -3.19. The van der Waals surface area contributed by atoms with Gasteiger partial charge in [-0.2, -0.15) is 0 Å². The van der Waals surface area contributed by atoms with E-state index in [9.17, 15) is 14.4 Å². The lowest BCUT2D eigenvalue weighted by Crippen LogP contribution is -2.52. The topological polar surface area (TPSA) is 69.7 Å². The summed E-state index contributed by atoms with van der Waals surface area (Å²) in [5, 5.41) is 4.99. The number of carbonyl (C=O) groups is 3. The lowest BCUT2D eigenvalue weighted by molar-refractivity contribution is -0.141. The van der Waals surface area contributed by atoms with Crippen LogP contribution in [0.2, 0.25) is 0 Å². The predicted molar refractivity (Wildman–Crippen MR) is 147 cm³/mol. The van der Waals surface area contributed by atoms with Crippen LogP contribution in [0.1, 0.15) is 56.5 Å². The van der Waals surface area contributed by atoms with Crippen molar-refractivity contribution in [3.63, 3.8) is 0 Å². The van der Waals surface area contributed by atoms with Crippen LogP contribution in [0.4, 0.5) is 5.69 Å². The maximum absolute atomic E-state index is 13.4. The Bertz CT molecular complexity index is 1290. The molecule has 0 radical (unpaired) electrons. The monoisotopic (exact) mass is 549 g/mol. The van der Waals surface area contributed by atoms with Gasteiger partial charge in [-0.3, -0.25) is 14.4 Å². The molecule has 1 atom stereocenters. The second-order valence-corrected chi connectivity index (χ2v) is 11.2. The van der Waals surface area contributed by atoms with Crippen molar-refractivity contribution in [2.45, 2.75) is 58.7 Å². The van der Waals surface area contributed by atoms with E-state index in [0.29, 0.717) is 25.1 Å². The van der Waals surface area contributed by atoms with Gasteiger partial charge in [-0.15, -0.1) is 0 Å². The first-order valence-electron chi connectivity index (χ1n) is 12.2. The summed E-state index contributed by atoms with van der Waals surface area (Å²) in [5.41, 5.74) is 2.15. The third kappa shape index (κ3) is 5.62. The number of amides is 3. The van der Waals surface area contributed by atoms with Crippen LogP contribution in [0.25, 0.3) is 10.8 Å². The molecule has 7 heteroatoms. The molecule has 6 nitrogen and oxygen atoms in total. The van der Waals surface area contributed by atoms with E-state index < -0.39 is 11.6 Å². The fraction of sp³-hybridized carbons (Fsp3) is 0.345. The van der Waals surface area contributed by atoms with Crippen molar-refractivity contribution < 1.29 is 14.4 Å². The molecule has 0 aromatic heterocycles. The molecule has 0 saturated carbocycles. The third-order valence-electron chi connectivity index (χ3n) is 6.35. The second kappa shape index (κ2) is 10.4. The minimum atomic E-state index is -0.633. The van der Waals surface area contributed by atoms with Crippen molar-refractivity contribution in [2.24, 2.45) is 0 Å². The Morgan fingerprint density at radius 3 is 2.36 bits per heavy atom. The first-order chi connectivity index (χ1) is 17.0. The van der Waals surface area contributed by atoms with Crippen molar-refractivity contribution >= 4 is 50.1 Å². The van der Waals surface area contributed by atoms with Gasteiger partial charge in [-0.25, -0.2) is 0 Å². The molecule has 1 N–H and O–H groups in total. The van der Waals surface area contributed by atoms with Gasteiger partial charge in [0, 0.05) is 40.5 Å². The third-order valence-corrected chi connectivity index (χ3v) is 6.88. The maximum atomic E-state index is 13.4. The number of rotatable bonds is 8. The van der Waals surface area contributed by atoms with Crippen LogP contribution >= 0.6 is 15.9 Å². The SMILES string of the molecule is C[C@@H](C(=O)NC(C)(C)C)N(Cc1ccc(Br)cc1)C(=O)CCCN1C(=O)c2cccc3cccc1c23. The van der Waals surface area contributed by atoms with E-state index in [1.807, 2.05) is 81.4 Å². The summed E-state index contributed by atoms with van der Waals surface area (Å²) >= 11 is 3.44. The highest BCUT2D eigenvalue weighted by Crippen LogP contribution is 2.37. The van der Waals surface area contributed by atoms with E-state index in [2.05, 4.69) is 21.2 Å². The molecule has 3 aromatic carbocycles. The van der Waals surface area contributed by atoms with E-state index in [1.54, 1.807) is 16.7 Å². The number of halogens is 1. The molecule has 4 rings (SSSR count). The van der Waals surface area contributed by atoms with Gasteiger partial charge >= 0.3 is 0 Å². The number of nitrogens with one attached hydrogen (secondary N) is 1. The molecular formula is C29H32BrN3O3. The first kappa shape index (κ1) is 25.9. The normalized spacial score (nSPS) is 13.7. The van der Waals surface area contributed by atoms with Gasteiger partial charge in [0.15, 0.2) is 0 Å². The fourth-order valence-corrected chi connectivity index (χ4v) is 4.84. The summed E-state index contributed by atoms with van der Waals surface area (Å²) in [6.07, 6.45) is 0.735. The largest absolute Gasteiger partial charge is 0.350 e. The van der Waals surface area contributed by atoms with Gasteiger partial charge in [-0.1, -0.05) is 52.3 Å². The Balaban J connectivity index is 1.47. The fourth-order valence-electron chi connectivity index (χ4n) is 4.58. The summed E-state index contributed by atoms with van der Waals surface area (Å²) in [4.78, 5) is 42.8. The summed E-state index contributed by atoms with van der Waals surface area (Å²) in [7, 11) is 0. The van der Waals surface area contributed by atoms with Gasteiger partial charge in [0.05, 0.1) is 5.69 Å². The zero-order valence-electron chi connectivity index (χ0n) is 21.2. The van der Waals surface area contributed by atoms with Gasteiger partial charge in [0.1, 0.15) is 6.04 Å². The Kier molecular flexibility index (Phi) is 7.50. The average molecular weight is 550 g/mol. The number of hydrogen-bond donors (Lipinski definition) is 1. The number of carbonyl (C=O) groups excluding carboxylic acids is 3. The summed E-state index contributed by atoms with van der Waals surface area (Å²) in [5.74, 6) is -0.333. The summed E-state index contributed by atoms with van der Waals surface area (Å²) < 4.78 is 0.953. The van der Waals surface area contributed by atoms with Crippen LogP contribution in [-0.4, -0.2) is 40.7 Å². The quantitative estimate of drug-likeness (QED) is 0.393. The van der Waals surface area contributed by atoms with Crippen LogP contribution in [0.3, 0.4) is 0 Å². The van der Waals surface area contributed by atoms with Crippen molar-refractivity contribution in [2.75, 3.05) is 11.4 Å². The average Bonchev–Trinajstić information content (AvgIpc) is 3.10. The van der Waals surface area contributed by atoms with Crippen LogP contribution in [0.5, 0.6) is 0 Å². The molecule has 3 amide bonds. The standard InChI is InChI=1S/C29H32BrN3O3/c1-19(27(35)31-29(2,3)4)33(18-20-13-15-22(30)16-14-20)25(34)12-7-17-32-24-11-6-9-21-8-5-10-23(26(21)24)28(32)36/h5-6,8-11,13-16,19H,7,12,17-18H2,1-4H3,(H,31,35)/t19-/m0/s1. The molecule has 1 heterocycles. The summed E-state index contributed by atoms with van der Waals surface area (Å²) in [6.45, 7) is 8.29. The molecule has 0 bridgehead atoms. The number of nitrogens with zero attached hydrogens (tertiary/aromatic N) is 2. The molecule has 1 aliphatic rings. The van der Waals surface area contributed by atoms with E-state index >= 15 is 0 Å². The molecular weight excluding hydrogens is 518 g/mol. The molecule has 0 unspecified atom stereocenters. The van der Waals surface area contributed by atoms with Crippen LogP contribution in [0.15, 0.2) is 65.1 Å². The van der Waals surface area contributed by atoms with Crippen LogP contribution in [-0.2, 0) is 16.1 Å². The first-order valence-corrected chi connectivity index (χ1v) is 13.0. The molecule has 0 aliphatic carbocycles. The van der Waals surface area contributed by atoms with Crippen LogP contribution in [0, 0.1) is 0 Å². The Labute approximate surface area is 220 Å². The number of benzene rings is 3. The molecule has 36 heavy (non-hydrogen) atoms. The number of hydrogen-bond acceptors (Lipinski definition) is 3. The Morgan fingerprint density at radius 2 is 1.69 bits per heavy atom. The maximum Gasteiger partial charge on any atom is 0.258 e. The van der Waals surface area contributed by atoms with E-state index in [4.69, 9.17) is 0 Å². The van der Waals surface area contributed by atoms with Gasteiger partial charge in [0.2, 0.25) is 11.8 Å². The lowest BCUT2D eigenvalue weighted by Gasteiger charge is -2.31. The van der Waals surface area contributed by atoms with Gasteiger partial charge < -0.3 is 15.1 Å². The highest BCUT2D eigenvalue weighted by atomic mass is 79.9.